The monoisotopic (exact) mass is 757 g/mol. The highest BCUT2D eigenvalue weighted by atomic mass is 28.3. The Morgan fingerprint density at radius 2 is 1.80 bits per heavy atom. The van der Waals surface area contributed by atoms with E-state index in [1.807, 2.05) is 0 Å². The molecule has 4 aromatic rings. The number of phenols is 1. The van der Waals surface area contributed by atoms with Crippen LogP contribution in [0.25, 0.3) is 32.9 Å². The second kappa shape index (κ2) is 15.3. The van der Waals surface area contributed by atoms with Gasteiger partial charge in [0, 0.05) is 50.5 Å². The van der Waals surface area contributed by atoms with Crippen molar-refractivity contribution in [1.82, 2.24) is 19.9 Å². The zero-order valence-corrected chi connectivity index (χ0v) is 33.6. The van der Waals surface area contributed by atoms with Crippen LogP contribution in [0.5, 0.6) is 11.8 Å². The SMILES string of the molecule is CO[C@H]1CN2CCC[C@@]2(COc2nc(N3CCCOCC3)c3cnc(-c4cc(O)cc5ccc(F)c(C#C[Si](C(C)C)(C(C)C)C(C)C)c45)c(F)c3n2)C1. The van der Waals surface area contributed by atoms with E-state index in [-0.39, 0.29) is 45.7 Å². The molecule has 2 atom stereocenters. The first-order chi connectivity index (χ1) is 25.9. The summed E-state index contributed by atoms with van der Waals surface area (Å²) in [6, 6.07) is 6.02. The van der Waals surface area contributed by atoms with E-state index in [0.717, 1.165) is 38.8 Å². The third-order valence-corrected chi connectivity index (χ3v) is 18.6. The highest BCUT2D eigenvalue weighted by molar-refractivity contribution is 6.90. The van der Waals surface area contributed by atoms with Crippen molar-refractivity contribution in [2.45, 2.75) is 95.5 Å². The smallest absolute Gasteiger partial charge is 0.319 e. The molecule has 288 valence electrons. The molecule has 0 radical (unpaired) electrons. The van der Waals surface area contributed by atoms with Gasteiger partial charge < -0.3 is 24.2 Å². The largest absolute Gasteiger partial charge is 0.508 e. The number of benzene rings is 2. The van der Waals surface area contributed by atoms with E-state index in [2.05, 4.69) is 67.8 Å². The molecule has 0 saturated carbocycles. The summed E-state index contributed by atoms with van der Waals surface area (Å²) in [4.78, 5) is 18.7. The number of aromatic hydroxyl groups is 1. The van der Waals surface area contributed by atoms with Crippen LogP contribution in [-0.2, 0) is 9.47 Å². The van der Waals surface area contributed by atoms with E-state index in [0.29, 0.717) is 71.5 Å². The molecule has 12 heteroatoms. The molecule has 0 amide bonds. The Labute approximate surface area is 318 Å². The van der Waals surface area contributed by atoms with Crippen molar-refractivity contribution in [3.63, 3.8) is 0 Å². The first-order valence-corrected chi connectivity index (χ1v) is 21.7. The maximum absolute atomic E-state index is 17.3. The van der Waals surface area contributed by atoms with Gasteiger partial charge in [-0.25, -0.2) is 8.78 Å². The van der Waals surface area contributed by atoms with Crippen LogP contribution in [0.2, 0.25) is 16.6 Å². The van der Waals surface area contributed by atoms with Crippen LogP contribution in [-0.4, -0.2) is 97.8 Å². The Hall–Kier alpha value is -3.89. The maximum atomic E-state index is 17.3. The second-order valence-corrected chi connectivity index (χ2v) is 21.8. The zero-order chi connectivity index (χ0) is 38.4. The third-order valence-electron chi connectivity index (χ3n) is 12.3. The Kier molecular flexibility index (Phi) is 10.9. The van der Waals surface area contributed by atoms with Gasteiger partial charge in [-0.15, -0.1) is 5.54 Å². The van der Waals surface area contributed by atoms with Crippen molar-refractivity contribution >= 4 is 35.6 Å². The van der Waals surface area contributed by atoms with E-state index in [1.165, 1.54) is 12.1 Å². The van der Waals surface area contributed by atoms with Crippen LogP contribution >= 0.6 is 0 Å². The number of pyridine rings is 1. The molecule has 9 nitrogen and oxygen atoms in total. The second-order valence-electron chi connectivity index (χ2n) is 16.3. The van der Waals surface area contributed by atoms with Gasteiger partial charge in [0.25, 0.3) is 0 Å². The van der Waals surface area contributed by atoms with Gasteiger partial charge >= 0.3 is 6.01 Å². The fraction of sp³-hybridized carbons (Fsp3) is 0.548. The zero-order valence-electron chi connectivity index (χ0n) is 32.6. The van der Waals surface area contributed by atoms with Crippen LogP contribution in [0.15, 0.2) is 30.5 Å². The van der Waals surface area contributed by atoms with Crippen molar-refractivity contribution < 1.29 is 28.1 Å². The molecule has 3 saturated heterocycles. The summed E-state index contributed by atoms with van der Waals surface area (Å²) >= 11 is 0. The first kappa shape index (κ1) is 38.4. The molecule has 0 unspecified atom stereocenters. The van der Waals surface area contributed by atoms with Gasteiger partial charge in [0.15, 0.2) is 5.82 Å². The van der Waals surface area contributed by atoms with Crippen molar-refractivity contribution in [2.24, 2.45) is 0 Å². The summed E-state index contributed by atoms with van der Waals surface area (Å²) < 4.78 is 51.2. The molecule has 54 heavy (non-hydrogen) atoms. The van der Waals surface area contributed by atoms with Crippen molar-refractivity contribution in [1.29, 1.82) is 0 Å². The normalized spacial score (nSPS) is 21.0. The standard InChI is InChI=1S/C42H53F2N5O4Si/c1-26(2)54(27(3)4,28(5)6)19-12-32-35(43)11-10-29-20-30(50)21-33(36(29)32)38-37(44)39-34(23-45-38)40(48-14-9-17-52-18-16-48)47-41(46-39)53-25-42-13-8-15-49(42)24-31(22-42)51-7/h10-11,20-21,23,26-28,31,50H,8-9,13-18,22,24-25H2,1-7H3/t31-,42+/m1/s1. The summed E-state index contributed by atoms with van der Waals surface area (Å²) in [5, 5.41) is 12.3. The van der Waals surface area contributed by atoms with Crippen molar-refractivity contribution in [3.05, 3.63) is 47.7 Å². The fourth-order valence-electron chi connectivity index (χ4n) is 9.63. The summed E-state index contributed by atoms with van der Waals surface area (Å²) in [5.74, 6) is 2.50. The van der Waals surface area contributed by atoms with Crippen LogP contribution in [0.3, 0.4) is 0 Å². The summed E-state index contributed by atoms with van der Waals surface area (Å²) in [6.45, 7) is 17.8. The molecule has 3 aliphatic rings. The highest BCUT2D eigenvalue weighted by Gasteiger charge is 2.49. The van der Waals surface area contributed by atoms with Crippen molar-refractivity contribution in [2.75, 3.05) is 58.0 Å². The Morgan fingerprint density at radius 3 is 2.54 bits per heavy atom. The molecule has 2 aromatic carbocycles. The average molecular weight is 758 g/mol. The average Bonchev–Trinajstić information content (AvgIpc) is 3.56. The molecular weight excluding hydrogens is 705 g/mol. The van der Waals surface area contributed by atoms with Gasteiger partial charge in [-0.3, -0.25) is 9.88 Å². The van der Waals surface area contributed by atoms with Crippen LogP contribution in [0.4, 0.5) is 14.6 Å². The number of halogens is 2. The van der Waals surface area contributed by atoms with Crippen LogP contribution in [0, 0.1) is 23.1 Å². The van der Waals surface area contributed by atoms with Gasteiger partial charge in [0.2, 0.25) is 0 Å². The molecule has 3 fully saturated rings. The van der Waals surface area contributed by atoms with E-state index >= 15 is 8.78 Å². The Bertz CT molecular complexity index is 2070. The lowest BCUT2D eigenvalue weighted by molar-refractivity contribution is 0.0997. The minimum atomic E-state index is -2.26. The molecule has 7 rings (SSSR count). The number of anilines is 1. The topological polar surface area (TPSA) is 93.1 Å². The lowest BCUT2D eigenvalue weighted by atomic mass is 9.94. The van der Waals surface area contributed by atoms with E-state index in [1.54, 1.807) is 25.4 Å². The van der Waals surface area contributed by atoms with E-state index in [4.69, 9.17) is 24.2 Å². The highest BCUT2D eigenvalue weighted by Crippen LogP contribution is 2.43. The minimum absolute atomic E-state index is 0.0403. The first-order valence-electron chi connectivity index (χ1n) is 19.5. The quantitative estimate of drug-likeness (QED) is 0.134. The van der Waals surface area contributed by atoms with E-state index in [9.17, 15) is 5.11 Å². The number of fused-ring (bicyclic) bond motifs is 3. The Balaban J connectivity index is 1.39. The molecule has 5 heterocycles. The third kappa shape index (κ3) is 6.82. The maximum Gasteiger partial charge on any atom is 0.319 e. The number of aromatic nitrogens is 3. The number of methoxy groups -OCH3 is 1. The summed E-state index contributed by atoms with van der Waals surface area (Å²) in [6.07, 6.45) is 5.37. The van der Waals surface area contributed by atoms with Gasteiger partial charge in [-0.2, -0.15) is 9.97 Å². The predicted octanol–water partition coefficient (Wildman–Crippen LogP) is 8.26. The molecule has 1 N–H and O–H groups in total. The van der Waals surface area contributed by atoms with Gasteiger partial charge in [-0.05, 0) is 72.4 Å². The molecule has 0 aliphatic carbocycles. The van der Waals surface area contributed by atoms with Gasteiger partial charge in [0.1, 0.15) is 43.3 Å². The number of rotatable bonds is 9. The van der Waals surface area contributed by atoms with Crippen LogP contribution in [0.1, 0.15) is 72.8 Å². The van der Waals surface area contributed by atoms with Crippen LogP contribution < -0.4 is 9.64 Å². The summed E-state index contributed by atoms with van der Waals surface area (Å²) in [5.41, 5.74) is 4.83. The molecule has 3 aliphatic heterocycles. The lowest BCUT2D eigenvalue weighted by Crippen LogP contribution is -2.43. The van der Waals surface area contributed by atoms with E-state index < -0.39 is 19.7 Å². The fourth-order valence-corrected chi connectivity index (χ4v) is 14.8. The molecule has 0 bridgehead atoms. The number of hydrogen-bond donors (Lipinski definition) is 1. The number of phenolic OH excluding ortho intramolecular Hbond substituents is 1. The number of hydrogen-bond acceptors (Lipinski definition) is 9. The minimum Gasteiger partial charge on any atom is -0.508 e. The van der Waals surface area contributed by atoms with Gasteiger partial charge in [-0.1, -0.05) is 53.5 Å². The predicted molar refractivity (Wildman–Crippen MR) is 212 cm³/mol. The number of nitrogens with zero attached hydrogens (tertiary/aromatic N) is 5. The number of ether oxygens (including phenoxy) is 3. The molecular formula is C42H53F2N5O4Si. The van der Waals surface area contributed by atoms with Crippen molar-refractivity contribution in [3.8, 4) is 34.5 Å². The molecule has 2 aromatic heterocycles. The Morgan fingerprint density at radius 1 is 1.02 bits per heavy atom. The summed E-state index contributed by atoms with van der Waals surface area (Å²) in [7, 11) is -0.515. The van der Waals surface area contributed by atoms with Gasteiger partial charge in [0.05, 0.1) is 29.2 Å². The lowest BCUT2D eigenvalue weighted by Gasteiger charge is -2.38. The molecule has 0 spiro atoms.